The highest BCUT2D eigenvalue weighted by Gasteiger charge is 2.18. The molecule has 0 unspecified atom stereocenters. The molecule has 0 spiro atoms. The van der Waals surface area contributed by atoms with E-state index in [-0.39, 0.29) is 18.6 Å². The Morgan fingerprint density at radius 2 is 2.14 bits per heavy atom. The summed E-state index contributed by atoms with van der Waals surface area (Å²) in [5.41, 5.74) is 6.31. The fraction of sp³-hybridized carbons (Fsp3) is 0.312. The number of hydrogen-bond donors (Lipinski definition) is 1. The SMILES string of the molecule is CC(C)N(Cc1cccs1)C(=O)COc1cccc(N)c1. The summed E-state index contributed by atoms with van der Waals surface area (Å²) in [6.45, 7) is 4.65. The van der Waals surface area contributed by atoms with Gasteiger partial charge in [-0.25, -0.2) is 0 Å². The lowest BCUT2D eigenvalue weighted by atomic mass is 10.3. The largest absolute Gasteiger partial charge is 0.484 e. The average Bonchev–Trinajstić information content (AvgIpc) is 2.95. The molecule has 2 N–H and O–H groups in total. The highest BCUT2D eigenvalue weighted by atomic mass is 32.1. The molecule has 2 aromatic rings. The van der Waals surface area contributed by atoms with Crippen LogP contribution >= 0.6 is 11.3 Å². The van der Waals surface area contributed by atoms with Gasteiger partial charge in [0.1, 0.15) is 5.75 Å². The molecule has 1 aromatic heterocycles. The number of nitrogens with zero attached hydrogens (tertiary/aromatic N) is 1. The molecule has 0 aliphatic carbocycles. The number of hydrogen-bond acceptors (Lipinski definition) is 4. The second kappa shape index (κ2) is 7.13. The second-order valence-electron chi connectivity index (χ2n) is 5.06. The van der Waals surface area contributed by atoms with Crippen LogP contribution in [-0.2, 0) is 11.3 Å². The monoisotopic (exact) mass is 304 g/mol. The average molecular weight is 304 g/mol. The zero-order valence-corrected chi connectivity index (χ0v) is 13.1. The summed E-state index contributed by atoms with van der Waals surface area (Å²) in [6.07, 6.45) is 0. The molecule has 0 aliphatic rings. The molecule has 112 valence electrons. The van der Waals surface area contributed by atoms with Crippen molar-refractivity contribution in [2.45, 2.75) is 26.4 Å². The third-order valence-corrected chi connectivity index (χ3v) is 3.93. The third kappa shape index (κ3) is 4.49. The number of carbonyl (C=O) groups is 1. The molecule has 1 aromatic carbocycles. The predicted molar refractivity (Wildman–Crippen MR) is 86.4 cm³/mol. The van der Waals surface area contributed by atoms with Crippen LogP contribution in [0, 0.1) is 0 Å². The van der Waals surface area contributed by atoms with Crippen molar-refractivity contribution in [2.75, 3.05) is 12.3 Å². The lowest BCUT2D eigenvalue weighted by Gasteiger charge is -2.26. The number of rotatable bonds is 6. The molecule has 4 nitrogen and oxygen atoms in total. The van der Waals surface area contributed by atoms with Crippen molar-refractivity contribution in [3.63, 3.8) is 0 Å². The molecule has 2 rings (SSSR count). The molecule has 0 saturated carbocycles. The summed E-state index contributed by atoms with van der Waals surface area (Å²) in [5.74, 6) is 0.587. The maximum Gasteiger partial charge on any atom is 0.261 e. The first-order chi connectivity index (χ1) is 10.1. The van der Waals surface area contributed by atoms with E-state index < -0.39 is 0 Å². The standard InChI is InChI=1S/C16H20N2O2S/c1-12(2)18(10-15-7-4-8-21-15)16(19)11-20-14-6-3-5-13(17)9-14/h3-9,12H,10-11,17H2,1-2H3. The lowest BCUT2D eigenvalue weighted by Crippen LogP contribution is -2.39. The summed E-state index contributed by atoms with van der Waals surface area (Å²) < 4.78 is 5.53. The first kappa shape index (κ1) is 15.4. The van der Waals surface area contributed by atoms with Crippen LogP contribution < -0.4 is 10.5 Å². The number of amides is 1. The Morgan fingerprint density at radius 1 is 1.33 bits per heavy atom. The van der Waals surface area contributed by atoms with Crippen molar-refractivity contribution in [1.29, 1.82) is 0 Å². The number of ether oxygens (including phenoxy) is 1. The number of benzene rings is 1. The molecular weight excluding hydrogens is 284 g/mol. The maximum atomic E-state index is 12.3. The Bertz CT molecular complexity index is 582. The van der Waals surface area contributed by atoms with Gasteiger partial charge in [-0.15, -0.1) is 11.3 Å². The molecule has 0 aliphatic heterocycles. The summed E-state index contributed by atoms with van der Waals surface area (Å²) in [6, 6.07) is 11.3. The Kier molecular flexibility index (Phi) is 5.22. The Hall–Kier alpha value is -2.01. The van der Waals surface area contributed by atoms with E-state index >= 15 is 0 Å². The van der Waals surface area contributed by atoms with Crippen molar-refractivity contribution in [2.24, 2.45) is 0 Å². The second-order valence-corrected chi connectivity index (χ2v) is 6.09. The lowest BCUT2D eigenvalue weighted by molar-refractivity contribution is -0.135. The summed E-state index contributed by atoms with van der Waals surface area (Å²) in [5, 5.41) is 2.02. The molecule has 21 heavy (non-hydrogen) atoms. The molecule has 0 bridgehead atoms. The van der Waals surface area contributed by atoms with Gasteiger partial charge >= 0.3 is 0 Å². The van der Waals surface area contributed by atoms with E-state index in [1.54, 1.807) is 35.6 Å². The summed E-state index contributed by atoms with van der Waals surface area (Å²) in [4.78, 5) is 15.3. The quantitative estimate of drug-likeness (QED) is 0.834. The van der Waals surface area contributed by atoms with E-state index in [0.717, 1.165) is 0 Å². The van der Waals surface area contributed by atoms with E-state index in [1.165, 1.54) is 4.88 Å². The van der Waals surface area contributed by atoms with Crippen molar-refractivity contribution in [3.05, 3.63) is 46.7 Å². The first-order valence-electron chi connectivity index (χ1n) is 6.86. The van der Waals surface area contributed by atoms with Crippen LogP contribution in [0.15, 0.2) is 41.8 Å². The van der Waals surface area contributed by atoms with Crippen LogP contribution in [0.1, 0.15) is 18.7 Å². The van der Waals surface area contributed by atoms with Gasteiger partial charge in [-0.1, -0.05) is 12.1 Å². The van der Waals surface area contributed by atoms with E-state index in [9.17, 15) is 4.79 Å². The minimum Gasteiger partial charge on any atom is -0.484 e. The summed E-state index contributed by atoms with van der Waals surface area (Å²) in [7, 11) is 0. The van der Waals surface area contributed by atoms with E-state index in [0.29, 0.717) is 18.0 Å². The molecule has 1 amide bonds. The number of anilines is 1. The predicted octanol–water partition coefficient (Wildman–Crippen LogP) is 3.15. The molecule has 5 heteroatoms. The first-order valence-corrected chi connectivity index (χ1v) is 7.74. The highest BCUT2D eigenvalue weighted by Crippen LogP contribution is 2.16. The van der Waals surface area contributed by atoms with E-state index in [1.807, 2.05) is 36.3 Å². The van der Waals surface area contributed by atoms with Crippen molar-refractivity contribution >= 4 is 22.9 Å². The van der Waals surface area contributed by atoms with Crippen molar-refractivity contribution in [1.82, 2.24) is 4.90 Å². The fourth-order valence-electron chi connectivity index (χ4n) is 1.96. The van der Waals surface area contributed by atoms with Gasteiger partial charge in [0.25, 0.3) is 5.91 Å². The van der Waals surface area contributed by atoms with Crippen LogP contribution in [0.25, 0.3) is 0 Å². The van der Waals surface area contributed by atoms with Gasteiger partial charge in [0, 0.05) is 22.7 Å². The molecule has 0 saturated heterocycles. The molecular formula is C16H20N2O2S. The van der Waals surface area contributed by atoms with Crippen LogP contribution in [0.3, 0.4) is 0 Å². The van der Waals surface area contributed by atoms with Crippen LogP contribution in [-0.4, -0.2) is 23.5 Å². The van der Waals surface area contributed by atoms with Gasteiger partial charge in [0.15, 0.2) is 6.61 Å². The van der Waals surface area contributed by atoms with Gasteiger partial charge in [-0.05, 0) is 37.4 Å². The Morgan fingerprint density at radius 3 is 2.76 bits per heavy atom. The molecule has 0 fully saturated rings. The normalized spacial score (nSPS) is 10.6. The van der Waals surface area contributed by atoms with Gasteiger partial charge in [-0.2, -0.15) is 0 Å². The number of thiophene rings is 1. The fourth-order valence-corrected chi connectivity index (χ4v) is 2.66. The van der Waals surface area contributed by atoms with Crippen molar-refractivity contribution < 1.29 is 9.53 Å². The topological polar surface area (TPSA) is 55.6 Å². The van der Waals surface area contributed by atoms with Crippen LogP contribution in [0.4, 0.5) is 5.69 Å². The number of nitrogens with two attached hydrogens (primary N) is 1. The third-order valence-electron chi connectivity index (χ3n) is 3.07. The van der Waals surface area contributed by atoms with Gasteiger partial charge in [0.05, 0.1) is 6.54 Å². The maximum absolute atomic E-state index is 12.3. The highest BCUT2D eigenvalue weighted by molar-refractivity contribution is 7.09. The van der Waals surface area contributed by atoms with E-state index in [2.05, 4.69) is 0 Å². The smallest absolute Gasteiger partial charge is 0.261 e. The van der Waals surface area contributed by atoms with Gasteiger partial charge < -0.3 is 15.4 Å². The van der Waals surface area contributed by atoms with Crippen LogP contribution in [0.5, 0.6) is 5.75 Å². The molecule has 1 heterocycles. The molecule has 0 radical (unpaired) electrons. The van der Waals surface area contributed by atoms with Crippen LogP contribution in [0.2, 0.25) is 0 Å². The number of nitrogen functional groups attached to an aromatic ring is 1. The van der Waals surface area contributed by atoms with Gasteiger partial charge in [0.2, 0.25) is 0 Å². The minimum absolute atomic E-state index is 0.0208. The Labute approximate surface area is 129 Å². The zero-order valence-electron chi connectivity index (χ0n) is 12.3. The Balaban J connectivity index is 1.95. The summed E-state index contributed by atoms with van der Waals surface area (Å²) >= 11 is 1.65. The van der Waals surface area contributed by atoms with E-state index in [4.69, 9.17) is 10.5 Å². The molecule has 0 atom stereocenters. The zero-order chi connectivity index (χ0) is 15.2. The van der Waals surface area contributed by atoms with Crippen molar-refractivity contribution in [3.8, 4) is 5.75 Å². The minimum atomic E-state index is -0.0270. The number of carbonyl (C=O) groups excluding carboxylic acids is 1. The van der Waals surface area contributed by atoms with Gasteiger partial charge in [-0.3, -0.25) is 4.79 Å².